The Labute approximate surface area is 158 Å². The maximum atomic E-state index is 12.5. The second kappa shape index (κ2) is 9.03. The lowest BCUT2D eigenvalue weighted by Gasteiger charge is -2.18. The van der Waals surface area contributed by atoms with Crippen molar-refractivity contribution in [1.29, 1.82) is 5.26 Å². The summed E-state index contributed by atoms with van der Waals surface area (Å²) in [6.07, 6.45) is 1.60. The average molecular weight is 391 g/mol. The van der Waals surface area contributed by atoms with Gasteiger partial charge in [0.2, 0.25) is 10.0 Å². The fourth-order valence-corrected chi connectivity index (χ4v) is 4.67. The van der Waals surface area contributed by atoms with E-state index < -0.39 is 15.9 Å². The minimum atomic E-state index is -3.44. The Hall–Kier alpha value is -2.08. The van der Waals surface area contributed by atoms with Gasteiger partial charge in [-0.25, -0.2) is 13.4 Å². The zero-order valence-corrected chi connectivity index (χ0v) is 16.7. The Balaban J connectivity index is 2.06. The fraction of sp³-hybridized carbons (Fsp3) is 0.389. The van der Waals surface area contributed by atoms with Crippen LogP contribution in [0.5, 0.6) is 0 Å². The third-order valence-corrected chi connectivity index (χ3v) is 6.95. The van der Waals surface area contributed by atoms with E-state index in [0.717, 1.165) is 16.3 Å². The quantitative estimate of drug-likeness (QED) is 0.647. The molecule has 1 heterocycles. The lowest BCUT2D eigenvalue weighted by molar-refractivity contribution is 0.445. The van der Waals surface area contributed by atoms with Crippen molar-refractivity contribution < 1.29 is 8.42 Å². The number of aliphatic imine (C=N–C) groups is 1. The molecule has 1 atom stereocenters. The number of nitriles is 1. The first kappa shape index (κ1) is 20.2. The van der Waals surface area contributed by atoms with Gasteiger partial charge in [0.1, 0.15) is 10.9 Å². The van der Waals surface area contributed by atoms with Crippen LogP contribution in [0.4, 0.5) is 0 Å². The summed E-state index contributed by atoms with van der Waals surface area (Å²) in [7, 11) is -3.44. The molecule has 0 amide bonds. The normalized spacial score (nSPS) is 13.2. The molecule has 0 saturated heterocycles. The molecule has 1 aromatic heterocycles. The van der Waals surface area contributed by atoms with Crippen molar-refractivity contribution in [3.05, 3.63) is 45.9 Å². The zero-order chi connectivity index (χ0) is 19.2. The van der Waals surface area contributed by atoms with Gasteiger partial charge in [0.15, 0.2) is 0 Å². The van der Waals surface area contributed by atoms with Crippen LogP contribution in [0.25, 0.3) is 0 Å². The van der Waals surface area contributed by atoms with Crippen LogP contribution >= 0.6 is 11.3 Å². The number of aromatic nitrogens is 1. The molecule has 1 aromatic carbocycles. The highest BCUT2D eigenvalue weighted by atomic mass is 32.2. The summed E-state index contributed by atoms with van der Waals surface area (Å²) < 4.78 is 26.3. The van der Waals surface area contributed by atoms with Crippen molar-refractivity contribution in [2.75, 3.05) is 13.1 Å². The first-order valence-corrected chi connectivity index (χ1v) is 10.6. The molecule has 0 aliphatic heterocycles. The predicted molar refractivity (Wildman–Crippen MR) is 104 cm³/mol. The average Bonchev–Trinajstić information content (AvgIpc) is 3.06. The molecule has 0 aliphatic rings. The number of sulfonamides is 1. The van der Waals surface area contributed by atoms with Crippen molar-refractivity contribution in [2.24, 2.45) is 4.99 Å². The molecule has 8 heteroatoms. The summed E-state index contributed by atoms with van der Waals surface area (Å²) in [5, 5.41) is 11.9. The van der Waals surface area contributed by atoms with Crippen LogP contribution in [-0.2, 0) is 16.6 Å². The van der Waals surface area contributed by atoms with Gasteiger partial charge >= 0.3 is 0 Å². The van der Waals surface area contributed by atoms with E-state index in [1.54, 1.807) is 30.5 Å². The van der Waals surface area contributed by atoms with E-state index >= 15 is 0 Å². The SMILES string of the molecule is CCN(CC)S(=O)(=O)c1ccc(CN=CC(C#N)c2nc(C)cs2)cc1. The first-order valence-electron chi connectivity index (χ1n) is 8.33. The van der Waals surface area contributed by atoms with Crippen LogP contribution in [0.3, 0.4) is 0 Å². The Morgan fingerprint density at radius 1 is 1.31 bits per heavy atom. The van der Waals surface area contributed by atoms with Gasteiger partial charge in [0.05, 0.1) is 17.5 Å². The lowest BCUT2D eigenvalue weighted by Crippen LogP contribution is -2.30. The number of rotatable bonds is 8. The van der Waals surface area contributed by atoms with Crippen LogP contribution in [0.1, 0.15) is 36.0 Å². The highest BCUT2D eigenvalue weighted by Gasteiger charge is 2.21. The second-order valence-electron chi connectivity index (χ2n) is 5.66. The maximum absolute atomic E-state index is 12.5. The largest absolute Gasteiger partial charge is 0.291 e. The Morgan fingerprint density at radius 3 is 2.46 bits per heavy atom. The van der Waals surface area contributed by atoms with Crippen LogP contribution in [0.2, 0.25) is 0 Å². The van der Waals surface area contributed by atoms with Crippen molar-refractivity contribution >= 4 is 27.6 Å². The third kappa shape index (κ3) is 4.75. The summed E-state index contributed by atoms with van der Waals surface area (Å²) in [6, 6.07) is 8.89. The number of aryl methyl sites for hydroxylation is 1. The van der Waals surface area contributed by atoms with Crippen LogP contribution in [0, 0.1) is 18.3 Å². The number of hydrogen-bond donors (Lipinski definition) is 0. The molecule has 2 aromatic rings. The van der Waals surface area contributed by atoms with Crippen LogP contribution < -0.4 is 0 Å². The van der Waals surface area contributed by atoms with E-state index in [-0.39, 0.29) is 4.90 Å². The molecule has 0 spiro atoms. The molecule has 0 aliphatic carbocycles. The standard InChI is InChI=1S/C18H22N4O2S2/c1-4-22(5-2)26(23,24)17-8-6-15(7-9-17)11-20-12-16(10-19)18-21-14(3)13-25-18/h6-9,12-13,16H,4-5,11H2,1-3H3. The third-order valence-electron chi connectivity index (χ3n) is 3.84. The van der Waals surface area contributed by atoms with Crippen LogP contribution in [0.15, 0.2) is 39.5 Å². The summed E-state index contributed by atoms with van der Waals surface area (Å²) in [5.74, 6) is -0.462. The lowest BCUT2D eigenvalue weighted by atomic mass is 10.2. The van der Waals surface area contributed by atoms with Gasteiger partial charge in [-0.2, -0.15) is 9.57 Å². The number of benzene rings is 1. The summed E-state index contributed by atoms with van der Waals surface area (Å²) in [4.78, 5) is 8.91. The molecule has 0 N–H and O–H groups in total. The second-order valence-corrected chi connectivity index (χ2v) is 8.48. The summed E-state index contributed by atoms with van der Waals surface area (Å²) >= 11 is 1.44. The Bertz CT molecular complexity index is 892. The highest BCUT2D eigenvalue weighted by Crippen LogP contribution is 2.19. The molecule has 0 saturated carbocycles. The first-order chi connectivity index (χ1) is 12.4. The highest BCUT2D eigenvalue weighted by molar-refractivity contribution is 7.89. The molecule has 0 radical (unpaired) electrons. The topological polar surface area (TPSA) is 86.4 Å². The Morgan fingerprint density at radius 2 is 1.96 bits per heavy atom. The molecule has 1 unspecified atom stereocenters. The van der Waals surface area contributed by atoms with E-state index in [0.29, 0.717) is 19.6 Å². The predicted octanol–water partition coefficient (Wildman–Crippen LogP) is 3.36. The van der Waals surface area contributed by atoms with Gasteiger partial charge in [-0.3, -0.25) is 4.99 Å². The number of thiazole rings is 1. The van der Waals surface area contributed by atoms with E-state index in [1.807, 2.05) is 26.2 Å². The van der Waals surface area contributed by atoms with Gasteiger partial charge in [-0.15, -0.1) is 11.3 Å². The van der Waals surface area contributed by atoms with Gasteiger partial charge in [-0.05, 0) is 24.6 Å². The van der Waals surface area contributed by atoms with Crippen molar-refractivity contribution in [1.82, 2.24) is 9.29 Å². The van der Waals surface area contributed by atoms with Gasteiger partial charge in [0.25, 0.3) is 0 Å². The van der Waals surface area contributed by atoms with Gasteiger partial charge in [0, 0.05) is 30.4 Å². The van der Waals surface area contributed by atoms with Gasteiger partial charge < -0.3 is 0 Å². The zero-order valence-electron chi connectivity index (χ0n) is 15.1. The number of nitrogens with zero attached hydrogens (tertiary/aromatic N) is 4. The monoisotopic (exact) mass is 390 g/mol. The maximum Gasteiger partial charge on any atom is 0.243 e. The molecular weight excluding hydrogens is 368 g/mol. The molecule has 6 nitrogen and oxygen atoms in total. The van der Waals surface area contributed by atoms with Crippen LogP contribution in [-0.4, -0.2) is 37.0 Å². The van der Waals surface area contributed by atoms with Crippen molar-refractivity contribution in [3.8, 4) is 6.07 Å². The smallest absolute Gasteiger partial charge is 0.243 e. The molecule has 2 rings (SSSR count). The fourth-order valence-electron chi connectivity index (χ4n) is 2.41. The van der Waals surface area contributed by atoms with Gasteiger partial charge in [-0.1, -0.05) is 26.0 Å². The van der Waals surface area contributed by atoms with E-state index in [1.165, 1.54) is 15.6 Å². The Kier molecular flexibility index (Phi) is 7.03. The van der Waals surface area contributed by atoms with E-state index in [2.05, 4.69) is 16.0 Å². The minimum absolute atomic E-state index is 0.280. The minimum Gasteiger partial charge on any atom is -0.291 e. The molecule has 138 valence electrons. The van der Waals surface area contributed by atoms with E-state index in [9.17, 15) is 13.7 Å². The summed E-state index contributed by atoms with van der Waals surface area (Å²) in [6.45, 7) is 6.79. The molecule has 0 bridgehead atoms. The molecule has 26 heavy (non-hydrogen) atoms. The number of hydrogen-bond acceptors (Lipinski definition) is 6. The van der Waals surface area contributed by atoms with Crippen molar-refractivity contribution in [2.45, 2.75) is 38.1 Å². The molecule has 0 fully saturated rings. The summed E-state index contributed by atoms with van der Waals surface area (Å²) in [5.41, 5.74) is 1.77. The van der Waals surface area contributed by atoms with Crippen molar-refractivity contribution in [3.63, 3.8) is 0 Å². The van der Waals surface area contributed by atoms with E-state index in [4.69, 9.17) is 0 Å². The molecular formula is C18H22N4O2S2.